The predicted molar refractivity (Wildman–Crippen MR) is 101 cm³/mol. The van der Waals surface area contributed by atoms with Crippen LogP contribution in [0.5, 0.6) is 5.75 Å². The third kappa shape index (κ3) is 3.50. The number of phenols is 1. The van der Waals surface area contributed by atoms with E-state index in [1.165, 1.54) is 42.5 Å². The Kier molecular flexibility index (Phi) is 4.75. The normalized spacial score (nSPS) is 11.4. The van der Waals surface area contributed by atoms with Gasteiger partial charge in [-0.3, -0.25) is 19.5 Å². The fourth-order valence-electron chi connectivity index (χ4n) is 2.82. The van der Waals surface area contributed by atoms with E-state index in [1.807, 2.05) is 0 Å². The summed E-state index contributed by atoms with van der Waals surface area (Å²) >= 11 is 0. The molecule has 3 aromatic rings. The van der Waals surface area contributed by atoms with Crippen LogP contribution in [0.4, 0.5) is 11.4 Å². The highest BCUT2D eigenvalue weighted by molar-refractivity contribution is 7.86. The molecule has 0 heterocycles. The summed E-state index contributed by atoms with van der Waals surface area (Å²) in [5.74, 6) is -1.35. The summed E-state index contributed by atoms with van der Waals surface area (Å²) in [5, 5.41) is 24.0. The number of rotatable bonds is 4. The van der Waals surface area contributed by atoms with E-state index < -0.39 is 37.3 Å². The van der Waals surface area contributed by atoms with Gasteiger partial charge in [-0.1, -0.05) is 30.3 Å². The second kappa shape index (κ2) is 6.91. The van der Waals surface area contributed by atoms with Crippen LogP contribution in [0, 0.1) is 17.0 Å². The lowest BCUT2D eigenvalue weighted by atomic mass is 10.1. The number of fused-ring (bicyclic) bond motifs is 1. The number of nitro benzene ring substituents is 1. The number of hydrogen-bond acceptors (Lipinski definition) is 6. The molecule has 0 spiro atoms. The van der Waals surface area contributed by atoms with Crippen molar-refractivity contribution in [3.63, 3.8) is 0 Å². The van der Waals surface area contributed by atoms with E-state index in [0.717, 1.165) is 6.07 Å². The lowest BCUT2D eigenvalue weighted by Crippen LogP contribution is -2.15. The molecule has 9 nitrogen and oxygen atoms in total. The Morgan fingerprint density at radius 3 is 2.36 bits per heavy atom. The first-order valence-electron chi connectivity index (χ1n) is 7.88. The zero-order chi connectivity index (χ0) is 20.6. The third-order valence-electron chi connectivity index (χ3n) is 4.10. The first kappa shape index (κ1) is 19.3. The molecule has 0 bridgehead atoms. The molecule has 0 saturated heterocycles. The largest absolute Gasteiger partial charge is 0.505 e. The average molecular weight is 402 g/mol. The quantitative estimate of drug-likeness (QED) is 0.263. The third-order valence-corrected chi connectivity index (χ3v) is 4.99. The van der Waals surface area contributed by atoms with Crippen LogP contribution in [0.25, 0.3) is 10.8 Å². The van der Waals surface area contributed by atoms with E-state index in [1.54, 1.807) is 6.92 Å². The number of carbonyl (C=O) groups excluding carboxylic acids is 1. The molecule has 1 amide bonds. The van der Waals surface area contributed by atoms with Crippen molar-refractivity contribution in [1.82, 2.24) is 0 Å². The fraction of sp³-hybridized carbons (Fsp3) is 0.0556. The van der Waals surface area contributed by atoms with E-state index in [9.17, 15) is 33.0 Å². The van der Waals surface area contributed by atoms with Crippen molar-refractivity contribution in [2.45, 2.75) is 11.8 Å². The van der Waals surface area contributed by atoms with Gasteiger partial charge < -0.3 is 10.4 Å². The molecule has 0 atom stereocenters. The number of aryl methyl sites for hydroxylation is 1. The van der Waals surface area contributed by atoms with Gasteiger partial charge >= 0.3 is 0 Å². The maximum atomic E-state index is 12.6. The first-order chi connectivity index (χ1) is 13.1. The molecule has 3 N–H and O–H groups in total. The Labute approximate surface area is 159 Å². The molecule has 0 aliphatic heterocycles. The van der Waals surface area contributed by atoms with E-state index in [-0.39, 0.29) is 22.0 Å². The average Bonchev–Trinajstić information content (AvgIpc) is 2.62. The highest BCUT2D eigenvalue weighted by atomic mass is 32.2. The minimum atomic E-state index is -4.67. The molecule has 0 aromatic heterocycles. The van der Waals surface area contributed by atoms with E-state index in [0.29, 0.717) is 5.56 Å². The fourth-order valence-corrected chi connectivity index (χ4v) is 3.54. The van der Waals surface area contributed by atoms with Crippen LogP contribution in [0.2, 0.25) is 0 Å². The van der Waals surface area contributed by atoms with Gasteiger partial charge in [-0.25, -0.2) is 0 Å². The molecule has 0 fully saturated rings. The summed E-state index contributed by atoms with van der Waals surface area (Å²) in [6, 6.07) is 10.7. The number of nitro groups is 1. The van der Waals surface area contributed by atoms with Gasteiger partial charge in [0, 0.05) is 16.8 Å². The highest BCUT2D eigenvalue weighted by Crippen LogP contribution is 2.37. The smallest absolute Gasteiger partial charge is 0.295 e. The van der Waals surface area contributed by atoms with Gasteiger partial charge in [0.1, 0.15) is 16.2 Å². The molecule has 0 saturated carbocycles. The number of anilines is 1. The number of phenolic OH excluding ortho intramolecular Hbond substituents is 1. The molecule has 144 valence electrons. The standard InChI is InChI=1S/C18H14N2O7S/c1-10-6-7-15(20(23)24)13(8-10)18(22)19-14-9-16(28(25,26)27)11-4-2-3-5-12(11)17(14)21/h2-9,21H,1H3,(H,19,22)(H,25,26,27). The van der Waals surface area contributed by atoms with Gasteiger partial charge in [0.25, 0.3) is 21.7 Å². The number of carbonyl (C=O) groups is 1. The van der Waals surface area contributed by atoms with Gasteiger partial charge in [-0.05, 0) is 24.6 Å². The summed E-state index contributed by atoms with van der Waals surface area (Å²) in [6.45, 7) is 1.64. The van der Waals surface area contributed by atoms with Crippen LogP contribution in [-0.4, -0.2) is 28.9 Å². The maximum absolute atomic E-state index is 12.6. The minimum Gasteiger partial charge on any atom is -0.505 e. The van der Waals surface area contributed by atoms with E-state index in [2.05, 4.69) is 5.32 Å². The molecule has 0 aliphatic rings. The molecule has 0 radical (unpaired) electrons. The van der Waals surface area contributed by atoms with Gasteiger partial charge in [0.05, 0.1) is 10.6 Å². The number of aromatic hydroxyl groups is 1. The Morgan fingerprint density at radius 1 is 1.11 bits per heavy atom. The van der Waals surface area contributed by atoms with Crippen LogP contribution in [0.1, 0.15) is 15.9 Å². The van der Waals surface area contributed by atoms with Crippen molar-refractivity contribution in [2.24, 2.45) is 0 Å². The molecule has 10 heteroatoms. The lowest BCUT2D eigenvalue weighted by Gasteiger charge is -2.13. The van der Waals surface area contributed by atoms with Crippen LogP contribution in [0.15, 0.2) is 53.4 Å². The number of nitrogens with zero attached hydrogens (tertiary/aromatic N) is 1. The summed E-state index contributed by atoms with van der Waals surface area (Å²) in [7, 11) is -4.67. The van der Waals surface area contributed by atoms with Crippen molar-refractivity contribution >= 4 is 38.2 Å². The minimum absolute atomic E-state index is 0.0574. The second-order valence-electron chi connectivity index (χ2n) is 6.02. The summed E-state index contributed by atoms with van der Waals surface area (Å²) in [4.78, 5) is 22.5. The number of nitrogens with one attached hydrogen (secondary N) is 1. The topological polar surface area (TPSA) is 147 Å². The number of amides is 1. The van der Waals surface area contributed by atoms with Crippen LogP contribution < -0.4 is 5.32 Å². The van der Waals surface area contributed by atoms with Crippen LogP contribution in [-0.2, 0) is 10.1 Å². The summed E-state index contributed by atoms with van der Waals surface area (Å²) < 4.78 is 32.9. The molecule has 3 rings (SSSR count). The highest BCUT2D eigenvalue weighted by Gasteiger charge is 2.24. The van der Waals surface area contributed by atoms with Gasteiger partial charge in [0.2, 0.25) is 0 Å². The predicted octanol–water partition coefficient (Wildman–Crippen LogP) is 3.26. The molecular weight excluding hydrogens is 388 g/mol. The Morgan fingerprint density at radius 2 is 1.75 bits per heavy atom. The van der Waals surface area contributed by atoms with Crippen molar-refractivity contribution in [3.8, 4) is 5.75 Å². The molecule has 0 unspecified atom stereocenters. The lowest BCUT2D eigenvalue weighted by molar-refractivity contribution is -0.385. The molecular formula is C18H14N2O7S. The van der Waals surface area contributed by atoms with Crippen molar-refractivity contribution < 1.29 is 27.8 Å². The van der Waals surface area contributed by atoms with Crippen LogP contribution in [0.3, 0.4) is 0 Å². The first-order valence-corrected chi connectivity index (χ1v) is 9.32. The van der Waals surface area contributed by atoms with Gasteiger partial charge in [0.15, 0.2) is 0 Å². The Hall–Kier alpha value is -3.50. The Balaban J connectivity index is 2.16. The summed E-state index contributed by atoms with van der Waals surface area (Å²) in [5.41, 5.74) is -0.423. The number of benzene rings is 3. The molecule has 28 heavy (non-hydrogen) atoms. The molecule has 0 aliphatic carbocycles. The SMILES string of the molecule is Cc1ccc([N+](=O)[O-])c(C(=O)Nc2cc(S(=O)(=O)O)c3ccccc3c2O)c1. The maximum Gasteiger partial charge on any atom is 0.295 e. The van der Waals surface area contributed by atoms with Gasteiger partial charge in [-0.2, -0.15) is 8.42 Å². The zero-order valence-electron chi connectivity index (χ0n) is 14.4. The van der Waals surface area contributed by atoms with Gasteiger partial charge in [-0.15, -0.1) is 0 Å². The van der Waals surface area contributed by atoms with Crippen molar-refractivity contribution in [1.29, 1.82) is 0 Å². The number of hydrogen-bond donors (Lipinski definition) is 3. The van der Waals surface area contributed by atoms with Crippen molar-refractivity contribution in [3.05, 3.63) is 69.8 Å². The zero-order valence-corrected chi connectivity index (χ0v) is 15.2. The van der Waals surface area contributed by atoms with Crippen LogP contribution >= 0.6 is 0 Å². The second-order valence-corrected chi connectivity index (χ2v) is 7.41. The van der Waals surface area contributed by atoms with E-state index in [4.69, 9.17) is 0 Å². The van der Waals surface area contributed by atoms with Crippen molar-refractivity contribution in [2.75, 3.05) is 5.32 Å². The Bertz CT molecular complexity index is 1240. The monoisotopic (exact) mass is 402 g/mol. The molecule has 3 aromatic carbocycles. The summed E-state index contributed by atoms with van der Waals surface area (Å²) in [6.07, 6.45) is 0. The van der Waals surface area contributed by atoms with E-state index >= 15 is 0 Å².